The van der Waals surface area contributed by atoms with E-state index in [1.54, 1.807) is 7.11 Å². The van der Waals surface area contributed by atoms with Gasteiger partial charge >= 0.3 is 0 Å². The standard InChI is InChI=1S/C12H21N3O4/c1-3-12(17)4-5-15(6-9(12)16)7-10-13-11(8-18-2)19-14-10/h9,16-17H,3-8H2,1-2H3/t9-,12-/m1/s1. The number of methoxy groups -OCH3 is 1. The van der Waals surface area contributed by atoms with E-state index in [4.69, 9.17) is 9.26 Å². The van der Waals surface area contributed by atoms with E-state index in [-0.39, 0.29) is 0 Å². The highest BCUT2D eigenvalue weighted by Gasteiger charge is 2.39. The van der Waals surface area contributed by atoms with Crippen LogP contribution in [0.1, 0.15) is 31.5 Å². The molecule has 2 heterocycles. The summed E-state index contributed by atoms with van der Waals surface area (Å²) in [7, 11) is 1.57. The molecule has 7 nitrogen and oxygen atoms in total. The molecule has 1 aliphatic heterocycles. The minimum Gasteiger partial charge on any atom is -0.389 e. The summed E-state index contributed by atoms with van der Waals surface area (Å²) in [6.07, 6.45) is 0.368. The summed E-state index contributed by atoms with van der Waals surface area (Å²) in [5.41, 5.74) is -0.963. The number of hydrogen-bond donors (Lipinski definition) is 2. The summed E-state index contributed by atoms with van der Waals surface area (Å²) in [6.45, 7) is 3.80. The van der Waals surface area contributed by atoms with Crippen molar-refractivity contribution in [2.75, 3.05) is 20.2 Å². The third kappa shape index (κ3) is 3.30. The molecule has 0 radical (unpaired) electrons. The normalized spacial score (nSPS) is 28.7. The largest absolute Gasteiger partial charge is 0.389 e. The molecule has 2 N–H and O–H groups in total. The number of likely N-dealkylation sites (tertiary alicyclic amines) is 1. The van der Waals surface area contributed by atoms with E-state index in [0.29, 0.717) is 50.8 Å². The average molecular weight is 271 g/mol. The zero-order chi connectivity index (χ0) is 13.9. The Balaban J connectivity index is 1.90. The second kappa shape index (κ2) is 5.96. The molecular formula is C12H21N3O4. The molecule has 108 valence electrons. The number of aromatic nitrogens is 2. The molecule has 1 aromatic heterocycles. The van der Waals surface area contributed by atoms with E-state index < -0.39 is 11.7 Å². The van der Waals surface area contributed by atoms with Gasteiger partial charge in [0, 0.05) is 20.2 Å². The molecular weight excluding hydrogens is 250 g/mol. The molecule has 2 atom stereocenters. The summed E-state index contributed by atoms with van der Waals surface area (Å²) in [4.78, 5) is 6.20. The minimum absolute atomic E-state index is 0.297. The van der Waals surface area contributed by atoms with Gasteiger partial charge < -0.3 is 19.5 Å². The summed E-state index contributed by atoms with van der Waals surface area (Å²) in [6, 6.07) is 0. The van der Waals surface area contributed by atoms with Crippen LogP contribution in [-0.4, -0.2) is 57.2 Å². The predicted molar refractivity (Wildman–Crippen MR) is 66.2 cm³/mol. The number of β-amino-alcohol motifs (C(OH)–C–C–N with tert-alkyl or cyclic N) is 1. The van der Waals surface area contributed by atoms with Crippen LogP contribution in [0.15, 0.2) is 4.52 Å². The lowest BCUT2D eigenvalue weighted by Crippen LogP contribution is -2.54. The van der Waals surface area contributed by atoms with Crippen LogP contribution in [0.25, 0.3) is 0 Å². The van der Waals surface area contributed by atoms with Crippen molar-refractivity contribution in [1.29, 1.82) is 0 Å². The van der Waals surface area contributed by atoms with Crippen molar-refractivity contribution in [3.05, 3.63) is 11.7 Å². The van der Waals surface area contributed by atoms with E-state index in [1.807, 2.05) is 11.8 Å². The molecule has 0 aromatic carbocycles. The molecule has 19 heavy (non-hydrogen) atoms. The Morgan fingerprint density at radius 1 is 1.58 bits per heavy atom. The number of hydrogen-bond acceptors (Lipinski definition) is 7. The molecule has 1 saturated heterocycles. The lowest BCUT2D eigenvalue weighted by molar-refractivity contribution is -0.122. The second-order valence-corrected chi connectivity index (χ2v) is 5.00. The van der Waals surface area contributed by atoms with Crippen LogP contribution in [0.5, 0.6) is 0 Å². The summed E-state index contributed by atoms with van der Waals surface area (Å²) in [5, 5.41) is 24.0. The average Bonchev–Trinajstić information content (AvgIpc) is 2.82. The van der Waals surface area contributed by atoms with E-state index in [0.717, 1.165) is 0 Å². The number of nitrogens with zero attached hydrogens (tertiary/aromatic N) is 3. The van der Waals surface area contributed by atoms with Crippen molar-refractivity contribution in [3.8, 4) is 0 Å². The molecule has 0 aliphatic carbocycles. The van der Waals surface area contributed by atoms with Gasteiger partial charge in [0.2, 0.25) is 0 Å². The highest BCUT2D eigenvalue weighted by atomic mass is 16.5. The molecule has 1 fully saturated rings. The molecule has 1 aromatic rings. The monoisotopic (exact) mass is 271 g/mol. The van der Waals surface area contributed by atoms with Crippen LogP contribution in [0.3, 0.4) is 0 Å². The Morgan fingerprint density at radius 2 is 2.37 bits per heavy atom. The van der Waals surface area contributed by atoms with E-state index in [2.05, 4.69) is 10.1 Å². The maximum absolute atomic E-state index is 10.2. The van der Waals surface area contributed by atoms with Gasteiger partial charge in [-0.25, -0.2) is 0 Å². The van der Waals surface area contributed by atoms with Gasteiger partial charge in [-0.1, -0.05) is 12.1 Å². The smallest absolute Gasteiger partial charge is 0.252 e. The maximum Gasteiger partial charge on any atom is 0.252 e. The van der Waals surface area contributed by atoms with Gasteiger partial charge in [0.1, 0.15) is 6.61 Å². The van der Waals surface area contributed by atoms with Crippen LogP contribution in [0.4, 0.5) is 0 Å². The minimum atomic E-state index is -0.963. The topological polar surface area (TPSA) is 91.9 Å². The van der Waals surface area contributed by atoms with Gasteiger partial charge in [-0.2, -0.15) is 4.98 Å². The van der Waals surface area contributed by atoms with E-state index in [9.17, 15) is 10.2 Å². The molecule has 7 heteroatoms. The number of piperidine rings is 1. The lowest BCUT2D eigenvalue weighted by Gasteiger charge is -2.41. The van der Waals surface area contributed by atoms with Crippen molar-refractivity contribution in [2.45, 2.75) is 44.6 Å². The van der Waals surface area contributed by atoms with Crippen LogP contribution in [-0.2, 0) is 17.9 Å². The fourth-order valence-corrected chi connectivity index (χ4v) is 2.32. The lowest BCUT2D eigenvalue weighted by atomic mass is 9.86. The van der Waals surface area contributed by atoms with Gasteiger partial charge in [-0.3, -0.25) is 4.90 Å². The van der Waals surface area contributed by atoms with Crippen molar-refractivity contribution in [1.82, 2.24) is 15.0 Å². The van der Waals surface area contributed by atoms with Gasteiger partial charge in [0.25, 0.3) is 5.89 Å². The third-order valence-electron chi connectivity index (χ3n) is 3.67. The number of aliphatic hydroxyl groups is 2. The SMILES string of the molecule is CC[C@@]1(O)CCN(Cc2noc(COC)n2)C[C@H]1O. The van der Waals surface area contributed by atoms with Gasteiger partial charge in [-0.05, 0) is 12.8 Å². The van der Waals surface area contributed by atoms with E-state index >= 15 is 0 Å². The molecule has 2 rings (SSSR count). The van der Waals surface area contributed by atoms with Crippen molar-refractivity contribution < 1.29 is 19.5 Å². The zero-order valence-electron chi connectivity index (χ0n) is 11.4. The summed E-state index contributed by atoms with van der Waals surface area (Å²) < 4.78 is 9.92. The predicted octanol–water partition coefficient (Wildman–Crippen LogP) is -0.0763. The second-order valence-electron chi connectivity index (χ2n) is 5.00. The highest BCUT2D eigenvalue weighted by molar-refractivity contribution is 4.94. The van der Waals surface area contributed by atoms with Gasteiger partial charge in [0.15, 0.2) is 5.82 Å². The number of rotatable bonds is 5. The Hall–Kier alpha value is -1.02. The Labute approximate surface area is 112 Å². The zero-order valence-corrected chi connectivity index (χ0v) is 11.4. The van der Waals surface area contributed by atoms with E-state index in [1.165, 1.54) is 0 Å². The van der Waals surface area contributed by atoms with Gasteiger partial charge in [-0.15, -0.1) is 0 Å². The first-order valence-electron chi connectivity index (χ1n) is 6.50. The van der Waals surface area contributed by atoms with Crippen molar-refractivity contribution >= 4 is 0 Å². The van der Waals surface area contributed by atoms with Gasteiger partial charge in [0.05, 0.1) is 18.2 Å². The van der Waals surface area contributed by atoms with Crippen LogP contribution < -0.4 is 0 Å². The van der Waals surface area contributed by atoms with Crippen LogP contribution >= 0.6 is 0 Å². The maximum atomic E-state index is 10.2. The molecule has 0 bridgehead atoms. The summed E-state index contributed by atoms with van der Waals surface area (Å²) >= 11 is 0. The summed E-state index contributed by atoms with van der Waals surface area (Å²) in [5.74, 6) is 1.02. The highest BCUT2D eigenvalue weighted by Crippen LogP contribution is 2.26. The Morgan fingerprint density at radius 3 is 3.00 bits per heavy atom. The first kappa shape index (κ1) is 14.4. The van der Waals surface area contributed by atoms with Crippen LogP contribution in [0, 0.1) is 0 Å². The third-order valence-corrected chi connectivity index (χ3v) is 3.67. The Kier molecular flexibility index (Phi) is 4.51. The molecule has 0 unspecified atom stereocenters. The fourth-order valence-electron chi connectivity index (χ4n) is 2.32. The first-order chi connectivity index (χ1) is 9.07. The van der Waals surface area contributed by atoms with Crippen molar-refractivity contribution in [2.24, 2.45) is 0 Å². The Bertz CT molecular complexity index is 411. The molecule has 0 saturated carbocycles. The first-order valence-corrected chi connectivity index (χ1v) is 6.50. The molecule has 1 aliphatic rings. The molecule has 0 amide bonds. The van der Waals surface area contributed by atoms with Crippen molar-refractivity contribution in [3.63, 3.8) is 0 Å². The number of ether oxygens (including phenoxy) is 1. The quantitative estimate of drug-likeness (QED) is 0.774. The van der Waals surface area contributed by atoms with Crippen LogP contribution in [0.2, 0.25) is 0 Å². The number of aliphatic hydroxyl groups excluding tert-OH is 1. The molecule has 0 spiro atoms. The fraction of sp³-hybridized carbons (Fsp3) is 0.833.